The second kappa shape index (κ2) is 5.31. The second-order valence-electron chi connectivity index (χ2n) is 4.58. The van der Waals surface area contributed by atoms with Crippen LogP contribution in [-0.2, 0) is 4.79 Å². The normalized spacial score (nSPS) is 16.8. The number of aryl methyl sites for hydroxylation is 1. The summed E-state index contributed by atoms with van der Waals surface area (Å²) >= 11 is 0. The van der Waals surface area contributed by atoms with Crippen molar-refractivity contribution in [3.63, 3.8) is 0 Å². The molecule has 1 aromatic heterocycles. The van der Waals surface area contributed by atoms with E-state index in [0.29, 0.717) is 24.9 Å². The lowest BCUT2D eigenvalue weighted by atomic mass is 10.3. The molecule has 1 atom stereocenters. The fourth-order valence-corrected chi connectivity index (χ4v) is 1.59. The van der Waals surface area contributed by atoms with E-state index in [9.17, 15) is 4.79 Å². The molecule has 5 heteroatoms. The maximum Gasteiger partial charge on any atom is 0.221 e. The molecule has 0 spiro atoms. The first-order valence-corrected chi connectivity index (χ1v) is 6.10. The van der Waals surface area contributed by atoms with E-state index < -0.39 is 0 Å². The molecule has 1 aliphatic rings. The highest BCUT2D eigenvalue weighted by molar-refractivity contribution is 5.76. The third-order valence-corrected chi connectivity index (χ3v) is 2.75. The van der Waals surface area contributed by atoms with Gasteiger partial charge >= 0.3 is 0 Å². The van der Waals surface area contributed by atoms with E-state index in [2.05, 4.69) is 15.6 Å². The third kappa shape index (κ3) is 3.85. The Kier molecular flexibility index (Phi) is 3.78. The molecule has 0 aromatic carbocycles. The van der Waals surface area contributed by atoms with Crippen LogP contribution in [0.4, 0.5) is 0 Å². The van der Waals surface area contributed by atoms with Gasteiger partial charge in [0.15, 0.2) is 0 Å². The SMILES string of the molecule is Cc1cnc(C(C)NCCC(=O)NC2CC2)o1. The number of oxazole rings is 1. The summed E-state index contributed by atoms with van der Waals surface area (Å²) in [7, 11) is 0. The first-order valence-electron chi connectivity index (χ1n) is 6.10. The largest absolute Gasteiger partial charge is 0.444 e. The average molecular weight is 237 g/mol. The highest BCUT2D eigenvalue weighted by Crippen LogP contribution is 2.18. The van der Waals surface area contributed by atoms with E-state index >= 15 is 0 Å². The second-order valence-corrected chi connectivity index (χ2v) is 4.58. The van der Waals surface area contributed by atoms with E-state index in [1.807, 2.05) is 13.8 Å². The fourth-order valence-electron chi connectivity index (χ4n) is 1.59. The number of carbonyl (C=O) groups excluding carboxylic acids is 1. The fraction of sp³-hybridized carbons (Fsp3) is 0.667. The van der Waals surface area contributed by atoms with E-state index in [1.165, 1.54) is 0 Å². The number of nitrogens with zero attached hydrogens (tertiary/aromatic N) is 1. The maximum absolute atomic E-state index is 11.4. The Labute approximate surface area is 101 Å². The molecule has 94 valence electrons. The molecule has 1 saturated carbocycles. The lowest BCUT2D eigenvalue weighted by Gasteiger charge is -2.10. The van der Waals surface area contributed by atoms with Crippen LogP contribution in [-0.4, -0.2) is 23.5 Å². The predicted molar refractivity (Wildman–Crippen MR) is 63.4 cm³/mol. The van der Waals surface area contributed by atoms with Gasteiger partial charge in [0.2, 0.25) is 11.8 Å². The predicted octanol–water partition coefficient (Wildman–Crippen LogP) is 1.30. The zero-order chi connectivity index (χ0) is 12.3. The van der Waals surface area contributed by atoms with Crippen LogP contribution < -0.4 is 10.6 Å². The molecule has 2 rings (SSSR count). The molecule has 0 bridgehead atoms. The number of carbonyl (C=O) groups is 1. The van der Waals surface area contributed by atoms with Gasteiger partial charge in [-0.3, -0.25) is 4.79 Å². The smallest absolute Gasteiger partial charge is 0.221 e. The van der Waals surface area contributed by atoms with Crippen molar-refractivity contribution in [3.8, 4) is 0 Å². The van der Waals surface area contributed by atoms with Crippen molar-refractivity contribution in [1.29, 1.82) is 0 Å². The van der Waals surface area contributed by atoms with Crippen molar-refractivity contribution in [2.45, 2.75) is 45.2 Å². The van der Waals surface area contributed by atoms with Gasteiger partial charge in [-0.25, -0.2) is 4.98 Å². The Morgan fingerprint density at radius 3 is 3.00 bits per heavy atom. The molecule has 1 heterocycles. The van der Waals surface area contributed by atoms with Crippen LogP contribution in [0.25, 0.3) is 0 Å². The molecule has 1 aliphatic carbocycles. The van der Waals surface area contributed by atoms with Crippen LogP contribution >= 0.6 is 0 Å². The molecule has 0 aliphatic heterocycles. The number of amides is 1. The number of rotatable bonds is 6. The third-order valence-electron chi connectivity index (χ3n) is 2.75. The summed E-state index contributed by atoms with van der Waals surface area (Å²) in [5.74, 6) is 1.60. The van der Waals surface area contributed by atoms with Crippen LogP contribution in [0.2, 0.25) is 0 Å². The van der Waals surface area contributed by atoms with Gasteiger partial charge < -0.3 is 15.1 Å². The highest BCUT2D eigenvalue weighted by Gasteiger charge is 2.22. The molecule has 0 saturated heterocycles. The quantitative estimate of drug-likeness (QED) is 0.782. The first kappa shape index (κ1) is 12.1. The summed E-state index contributed by atoms with van der Waals surface area (Å²) in [6.07, 6.45) is 4.46. The summed E-state index contributed by atoms with van der Waals surface area (Å²) in [6.45, 7) is 4.48. The highest BCUT2D eigenvalue weighted by atomic mass is 16.4. The Morgan fingerprint density at radius 2 is 2.41 bits per heavy atom. The van der Waals surface area contributed by atoms with E-state index in [4.69, 9.17) is 4.42 Å². The number of nitrogens with one attached hydrogen (secondary N) is 2. The molecule has 5 nitrogen and oxygen atoms in total. The molecule has 1 unspecified atom stereocenters. The number of aromatic nitrogens is 1. The van der Waals surface area contributed by atoms with Gasteiger partial charge in [0.25, 0.3) is 0 Å². The summed E-state index contributed by atoms with van der Waals surface area (Å²) in [6, 6.07) is 0.478. The van der Waals surface area contributed by atoms with E-state index in [1.54, 1.807) is 6.20 Å². The van der Waals surface area contributed by atoms with Crippen molar-refractivity contribution in [2.24, 2.45) is 0 Å². The number of hydrogen-bond donors (Lipinski definition) is 2. The summed E-state index contributed by atoms with van der Waals surface area (Å²) in [5, 5.41) is 6.17. The van der Waals surface area contributed by atoms with Crippen LogP contribution in [0.5, 0.6) is 0 Å². The van der Waals surface area contributed by atoms with Crippen molar-refractivity contribution in [2.75, 3.05) is 6.54 Å². The monoisotopic (exact) mass is 237 g/mol. The lowest BCUT2D eigenvalue weighted by molar-refractivity contribution is -0.121. The molecule has 17 heavy (non-hydrogen) atoms. The zero-order valence-corrected chi connectivity index (χ0v) is 10.3. The minimum Gasteiger partial charge on any atom is -0.444 e. The molecular formula is C12H19N3O2. The van der Waals surface area contributed by atoms with Crippen molar-refractivity contribution in [3.05, 3.63) is 17.8 Å². The number of hydrogen-bond acceptors (Lipinski definition) is 4. The summed E-state index contributed by atoms with van der Waals surface area (Å²) < 4.78 is 5.40. The molecule has 1 amide bonds. The van der Waals surface area contributed by atoms with Crippen LogP contribution in [0.1, 0.15) is 43.9 Å². The van der Waals surface area contributed by atoms with Crippen LogP contribution in [0, 0.1) is 6.92 Å². The minimum atomic E-state index is 0.0393. The van der Waals surface area contributed by atoms with Crippen molar-refractivity contribution < 1.29 is 9.21 Å². The van der Waals surface area contributed by atoms with Crippen molar-refractivity contribution >= 4 is 5.91 Å². The zero-order valence-electron chi connectivity index (χ0n) is 10.3. The molecule has 2 N–H and O–H groups in total. The van der Waals surface area contributed by atoms with Gasteiger partial charge in [0, 0.05) is 19.0 Å². The van der Waals surface area contributed by atoms with Gasteiger partial charge in [-0.2, -0.15) is 0 Å². The Balaban J connectivity index is 1.65. The molecule has 1 aromatic rings. The van der Waals surface area contributed by atoms with E-state index in [-0.39, 0.29) is 11.9 Å². The Bertz CT molecular complexity index is 385. The topological polar surface area (TPSA) is 67.2 Å². The van der Waals surface area contributed by atoms with E-state index in [0.717, 1.165) is 18.6 Å². The molecule has 1 fully saturated rings. The minimum absolute atomic E-state index is 0.0393. The summed E-state index contributed by atoms with van der Waals surface area (Å²) in [4.78, 5) is 15.6. The van der Waals surface area contributed by atoms with Gasteiger partial charge in [-0.1, -0.05) is 0 Å². The Hall–Kier alpha value is -1.36. The van der Waals surface area contributed by atoms with Gasteiger partial charge in [-0.15, -0.1) is 0 Å². The van der Waals surface area contributed by atoms with Crippen molar-refractivity contribution in [1.82, 2.24) is 15.6 Å². The Morgan fingerprint density at radius 1 is 1.65 bits per heavy atom. The van der Waals surface area contributed by atoms with Gasteiger partial charge in [0.1, 0.15) is 5.76 Å². The van der Waals surface area contributed by atoms with Gasteiger partial charge in [0.05, 0.1) is 12.2 Å². The van der Waals surface area contributed by atoms with Gasteiger partial charge in [-0.05, 0) is 26.7 Å². The lowest BCUT2D eigenvalue weighted by Crippen LogP contribution is -2.30. The first-order chi connectivity index (χ1) is 8.15. The molecule has 0 radical (unpaired) electrons. The average Bonchev–Trinajstić information content (AvgIpc) is 2.97. The van der Waals surface area contributed by atoms with Crippen LogP contribution in [0.15, 0.2) is 10.6 Å². The standard InChI is InChI=1S/C12H19N3O2/c1-8-7-14-12(17-8)9(2)13-6-5-11(16)15-10-3-4-10/h7,9-10,13H,3-6H2,1-2H3,(H,15,16). The summed E-state index contributed by atoms with van der Waals surface area (Å²) in [5.41, 5.74) is 0. The maximum atomic E-state index is 11.4. The molecular weight excluding hydrogens is 218 g/mol. The van der Waals surface area contributed by atoms with Crippen LogP contribution in [0.3, 0.4) is 0 Å².